The minimum Gasteiger partial charge on any atom is -0.314 e. The van der Waals surface area contributed by atoms with Crippen molar-refractivity contribution in [1.29, 1.82) is 0 Å². The smallest absolute Gasteiger partial charge is 0.0900 e. The van der Waals surface area contributed by atoms with Crippen molar-refractivity contribution in [2.75, 3.05) is 19.6 Å². The monoisotopic (exact) mass is 279 g/mol. The third-order valence-electron chi connectivity index (χ3n) is 4.35. The molecule has 2 fully saturated rings. The Hall–Kier alpha value is -0.450. The molecule has 0 unspecified atom stereocenters. The van der Waals surface area contributed by atoms with Gasteiger partial charge in [-0.05, 0) is 52.0 Å². The molecule has 1 aliphatic heterocycles. The number of aryl methyl sites for hydroxylation is 2. The molecular formula is C15H25N3S. The standard InChI is InChI=1S/C15H25N3S/c1-11-15(19-12(2)17-11)10-18-7-5-14(6-8-18)16-9-13-3-4-13/h13-14,16H,3-10H2,1-2H3. The fourth-order valence-corrected chi connectivity index (χ4v) is 3.85. The summed E-state index contributed by atoms with van der Waals surface area (Å²) in [4.78, 5) is 8.58. The van der Waals surface area contributed by atoms with Crippen LogP contribution < -0.4 is 5.32 Å². The van der Waals surface area contributed by atoms with Crippen LogP contribution in [0.5, 0.6) is 0 Å². The Morgan fingerprint density at radius 2 is 1.95 bits per heavy atom. The molecular weight excluding hydrogens is 254 g/mol. The number of aromatic nitrogens is 1. The number of likely N-dealkylation sites (tertiary alicyclic amines) is 1. The molecule has 1 aliphatic carbocycles. The highest BCUT2D eigenvalue weighted by molar-refractivity contribution is 7.11. The summed E-state index contributed by atoms with van der Waals surface area (Å²) < 4.78 is 0. The predicted molar refractivity (Wildman–Crippen MR) is 80.6 cm³/mol. The summed E-state index contributed by atoms with van der Waals surface area (Å²) in [6, 6.07) is 0.765. The van der Waals surface area contributed by atoms with E-state index in [0.717, 1.165) is 18.5 Å². The highest BCUT2D eigenvalue weighted by atomic mass is 32.1. The molecule has 3 nitrogen and oxygen atoms in total. The summed E-state index contributed by atoms with van der Waals surface area (Å²) in [6.07, 6.45) is 5.53. The number of hydrogen-bond acceptors (Lipinski definition) is 4. The Kier molecular flexibility index (Phi) is 4.20. The number of nitrogens with one attached hydrogen (secondary N) is 1. The molecule has 3 rings (SSSR count). The zero-order valence-corrected chi connectivity index (χ0v) is 12.9. The fourth-order valence-electron chi connectivity index (χ4n) is 2.87. The number of nitrogens with zero attached hydrogens (tertiary/aromatic N) is 2. The summed E-state index contributed by atoms with van der Waals surface area (Å²) in [5.41, 5.74) is 1.23. The van der Waals surface area contributed by atoms with Crippen molar-refractivity contribution in [2.45, 2.75) is 52.1 Å². The van der Waals surface area contributed by atoms with E-state index in [2.05, 4.69) is 29.0 Å². The van der Waals surface area contributed by atoms with Crippen LogP contribution in [0.3, 0.4) is 0 Å². The van der Waals surface area contributed by atoms with Gasteiger partial charge in [-0.1, -0.05) is 0 Å². The molecule has 19 heavy (non-hydrogen) atoms. The average Bonchev–Trinajstić information content (AvgIpc) is 3.16. The van der Waals surface area contributed by atoms with Gasteiger partial charge in [0.05, 0.1) is 10.7 Å². The normalized spacial score (nSPS) is 22.0. The first-order valence-corrected chi connectivity index (χ1v) is 8.41. The van der Waals surface area contributed by atoms with Gasteiger partial charge in [-0.15, -0.1) is 11.3 Å². The van der Waals surface area contributed by atoms with E-state index in [1.54, 1.807) is 0 Å². The van der Waals surface area contributed by atoms with Crippen molar-refractivity contribution in [3.05, 3.63) is 15.6 Å². The minimum atomic E-state index is 0.765. The molecule has 106 valence electrons. The summed E-state index contributed by atoms with van der Waals surface area (Å²) in [5, 5.41) is 4.95. The van der Waals surface area contributed by atoms with Gasteiger partial charge in [0, 0.05) is 30.6 Å². The van der Waals surface area contributed by atoms with Crippen LogP contribution in [0.1, 0.15) is 41.3 Å². The third-order valence-corrected chi connectivity index (χ3v) is 5.40. The Labute approximate surface area is 120 Å². The van der Waals surface area contributed by atoms with Crippen molar-refractivity contribution in [3.8, 4) is 0 Å². The van der Waals surface area contributed by atoms with Gasteiger partial charge in [-0.3, -0.25) is 4.90 Å². The van der Waals surface area contributed by atoms with Crippen molar-refractivity contribution in [2.24, 2.45) is 5.92 Å². The molecule has 4 heteroatoms. The number of thiazole rings is 1. The van der Waals surface area contributed by atoms with Crippen LogP contribution in [-0.2, 0) is 6.54 Å². The highest BCUT2D eigenvalue weighted by Gasteiger charge is 2.24. The Morgan fingerprint density at radius 1 is 1.21 bits per heavy atom. The first kappa shape index (κ1) is 13.5. The predicted octanol–water partition coefficient (Wildman–Crippen LogP) is 2.72. The lowest BCUT2D eigenvalue weighted by Gasteiger charge is -2.32. The van der Waals surface area contributed by atoms with E-state index in [4.69, 9.17) is 0 Å². The lowest BCUT2D eigenvalue weighted by Crippen LogP contribution is -2.42. The molecule has 1 aromatic rings. The Balaban J connectivity index is 1.43. The molecule has 1 aromatic heterocycles. The maximum absolute atomic E-state index is 4.53. The van der Waals surface area contributed by atoms with Crippen LogP contribution in [0.15, 0.2) is 0 Å². The first-order valence-electron chi connectivity index (χ1n) is 7.59. The topological polar surface area (TPSA) is 28.2 Å². The second-order valence-corrected chi connectivity index (χ2v) is 7.43. The average molecular weight is 279 g/mol. The van der Waals surface area contributed by atoms with Gasteiger partial charge in [0.1, 0.15) is 0 Å². The number of piperidine rings is 1. The van der Waals surface area contributed by atoms with Gasteiger partial charge in [0.25, 0.3) is 0 Å². The maximum atomic E-state index is 4.53. The minimum absolute atomic E-state index is 0.765. The second-order valence-electron chi connectivity index (χ2n) is 6.14. The lowest BCUT2D eigenvalue weighted by molar-refractivity contribution is 0.191. The maximum Gasteiger partial charge on any atom is 0.0900 e. The van der Waals surface area contributed by atoms with Crippen LogP contribution in [0.25, 0.3) is 0 Å². The molecule has 0 atom stereocenters. The number of hydrogen-bond donors (Lipinski definition) is 1. The Morgan fingerprint density at radius 3 is 2.53 bits per heavy atom. The third kappa shape index (κ3) is 3.77. The molecule has 0 bridgehead atoms. The van der Waals surface area contributed by atoms with E-state index in [1.165, 1.54) is 60.9 Å². The molecule has 0 amide bonds. The molecule has 1 saturated heterocycles. The van der Waals surface area contributed by atoms with Crippen molar-refractivity contribution < 1.29 is 0 Å². The van der Waals surface area contributed by atoms with E-state index in [9.17, 15) is 0 Å². The first-order chi connectivity index (χ1) is 9.20. The molecule has 1 N–H and O–H groups in total. The number of rotatable bonds is 5. The molecule has 1 saturated carbocycles. The van der Waals surface area contributed by atoms with E-state index in [1.807, 2.05) is 11.3 Å². The Bertz CT molecular complexity index is 417. The van der Waals surface area contributed by atoms with E-state index in [-0.39, 0.29) is 0 Å². The molecule has 0 radical (unpaired) electrons. The van der Waals surface area contributed by atoms with Crippen molar-refractivity contribution in [1.82, 2.24) is 15.2 Å². The fraction of sp³-hybridized carbons (Fsp3) is 0.800. The van der Waals surface area contributed by atoms with Crippen molar-refractivity contribution in [3.63, 3.8) is 0 Å². The summed E-state index contributed by atoms with van der Waals surface area (Å²) >= 11 is 1.86. The molecule has 2 aliphatic rings. The van der Waals surface area contributed by atoms with E-state index < -0.39 is 0 Å². The molecule has 2 heterocycles. The zero-order valence-electron chi connectivity index (χ0n) is 12.1. The van der Waals surface area contributed by atoms with Gasteiger partial charge in [-0.25, -0.2) is 4.98 Å². The van der Waals surface area contributed by atoms with Gasteiger partial charge in [-0.2, -0.15) is 0 Å². The van der Waals surface area contributed by atoms with E-state index >= 15 is 0 Å². The SMILES string of the molecule is Cc1nc(C)c(CN2CCC(NCC3CC3)CC2)s1. The highest BCUT2D eigenvalue weighted by Crippen LogP contribution is 2.28. The van der Waals surface area contributed by atoms with Gasteiger partial charge >= 0.3 is 0 Å². The summed E-state index contributed by atoms with van der Waals surface area (Å²) in [5.74, 6) is 1.00. The second kappa shape index (κ2) is 5.90. The largest absolute Gasteiger partial charge is 0.314 e. The van der Waals surface area contributed by atoms with Crippen LogP contribution >= 0.6 is 11.3 Å². The molecule has 0 spiro atoms. The van der Waals surface area contributed by atoms with Gasteiger partial charge in [0.2, 0.25) is 0 Å². The van der Waals surface area contributed by atoms with Crippen LogP contribution in [0.4, 0.5) is 0 Å². The lowest BCUT2D eigenvalue weighted by atomic mass is 10.0. The van der Waals surface area contributed by atoms with Crippen LogP contribution in [0.2, 0.25) is 0 Å². The molecule has 0 aromatic carbocycles. The van der Waals surface area contributed by atoms with Crippen LogP contribution in [-0.4, -0.2) is 35.6 Å². The zero-order chi connectivity index (χ0) is 13.2. The summed E-state index contributed by atoms with van der Waals surface area (Å²) in [7, 11) is 0. The van der Waals surface area contributed by atoms with Crippen molar-refractivity contribution >= 4 is 11.3 Å². The quantitative estimate of drug-likeness (QED) is 0.898. The van der Waals surface area contributed by atoms with Crippen LogP contribution in [0, 0.1) is 19.8 Å². The van der Waals surface area contributed by atoms with E-state index in [0.29, 0.717) is 0 Å². The summed E-state index contributed by atoms with van der Waals surface area (Å²) in [6.45, 7) is 9.08. The van der Waals surface area contributed by atoms with Gasteiger partial charge < -0.3 is 5.32 Å². The van der Waals surface area contributed by atoms with Gasteiger partial charge in [0.15, 0.2) is 0 Å².